The Morgan fingerprint density at radius 2 is 2.23 bits per heavy atom. The molecule has 2 nitrogen and oxygen atoms in total. The van der Waals surface area contributed by atoms with Crippen molar-refractivity contribution >= 4 is 0 Å². The second-order valence-electron chi connectivity index (χ2n) is 3.85. The normalized spacial score (nSPS) is 19.5. The molecule has 1 aliphatic carbocycles. The molecule has 0 bridgehead atoms. The molecule has 0 saturated heterocycles. The van der Waals surface area contributed by atoms with Crippen molar-refractivity contribution in [3.8, 4) is 0 Å². The minimum atomic E-state index is 0.163. The smallest absolute Gasteiger partial charge is 0.0694 e. The van der Waals surface area contributed by atoms with Crippen molar-refractivity contribution in [2.75, 3.05) is 13.2 Å². The van der Waals surface area contributed by atoms with Crippen LogP contribution in [-0.2, 0) is 4.74 Å². The van der Waals surface area contributed by atoms with Crippen molar-refractivity contribution in [2.24, 2.45) is 5.73 Å². The van der Waals surface area contributed by atoms with Gasteiger partial charge in [0, 0.05) is 6.61 Å². The minimum Gasteiger partial charge on any atom is -0.375 e. The maximum atomic E-state index is 5.88. The molecule has 0 aromatic heterocycles. The van der Waals surface area contributed by atoms with Gasteiger partial charge in [-0.05, 0) is 45.1 Å². The first-order chi connectivity index (χ1) is 6.33. The quantitative estimate of drug-likeness (QED) is 0.485. The topological polar surface area (TPSA) is 35.2 Å². The highest BCUT2D eigenvalue weighted by Gasteiger charge is 2.36. The van der Waals surface area contributed by atoms with Gasteiger partial charge < -0.3 is 10.5 Å². The van der Waals surface area contributed by atoms with Crippen LogP contribution in [0.15, 0.2) is 12.7 Å². The summed E-state index contributed by atoms with van der Waals surface area (Å²) in [6.45, 7) is 5.31. The van der Waals surface area contributed by atoms with Gasteiger partial charge in [0.05, 0.1) is 5.60 Å². The molecule has 76 valence electrons. The summed E-state index contributed by atoms with van der Waals surface area (Å²) in [4.78, 5) is 0. The standard InChI is InChI=1S/C11H21NO/c1-2-3-4-10-13-11(8-9-12)6-5-7-11/h2H,1,3-10,12H2. The molecule has 0 aromatic carbocycles. The van der Waals surface area contributed by atoms with Crippen molar-refractivity contribution in [3.05, 3.63) is 12.7 Å². The summed E-state index contributed by atoms with van der Waals surface area (Å²) in [6, 6.07) is 0. The van der Waals surface area contributed by atoms with Crippen LogP contribution in [0.3, 0.4) is 0 Å². The average Bonchev–Trinajstić information content (AvgIpc) is 2.08. The predicted octanol–water partition coefficient (Wildman–Crippen LogP) is 2.24. The van der Waals surface area contributed by atoms with Crippen molar-refractivity contribution in [1.29, 1.82) is 0 Å². The average molecular weight is 183 g/mol. The van der Waals surface area contributed by atoms with Gasteiger partial charge in [-0.15, -0.1) is 6.58 Å². The van der Waals surface area contributed by atoms with Crippen LogP contribution < -0.4 is 5.73 Å². The molecular formula is C11H21NO. The molecular weight excluding hydrogens is 162 g/mol. The first-order valence-corrected chi connectivity index (χ1v) is 5.28. The third kappa shape index (κ3) is 3.12. The molecule has 13 heavy (non-hydrogen) atoms. The van der Waals surface area contributed by atoms with E-state index >= 15 is 0 Å². The Morgan fingerprint density at radius 3 is 2.69 bits per heavy atom. The van der Waals surface area contributed by atoms with E-state index in [0.717, 1.165) is 32.4 Å². The predicted molar refractivity (Wildman–Crippen MR) is 55.6 cm³/mol. The molecule has 0 unspecified atom stereocenters. The molecule has 1 rings (SSSR count). The zero-order valence-corrected chi connectivity index (χ0v) is 8.43. The molecule has 2 heteroatoms. The Balaban J connectivity index is 2.12. The fourth-order valence-electron chi connectivity index (χ4n) is 1.82. The lowest BCUT2D eigenvalue weighted by Gasteiger charge is -2.41. The van der Waals surface area contributed by atoms with Crippen LogP contribution in [0, 0.1) is 0 Å². The van der Waals surface area contributed by atoms with Crippen LogP contribution in [-0.4, -0.2) is 18.8 Å². The second-order valence-corrected chi connectivity index (χ2v) is 3.85. The Labute approximate surface area is 81.1 Å². The van der Waals surface area contributed by atoms with Gasteiger partial charge >= 0.3 is 0 Å². The Hall–Kier alpha value is -0.340. The fourth-order valence-corrected chi connectivity index (χ4v) is 1.82. The number of hydrogen-bond donors (Lipinski definition) is 1. The van der Waals surface area contributed by atoms with Gasteiger partial charge in [0.25, 0.3) is 0 Å². The summed E-state index contributed by atoms with van der Waals surface area (Å²) in [6.07, 6.45) is 8.84. The van der Waals surface area contributed by atoms with E-state index in [0.29, 0.717) is 0 Å². The molecule has 0 atom stereocenters. The number of rotatable bonds is 7. The van der Waals surface area contributed by atoms with Crippen molar-refractivity contribution < 1.29 is 4.74 Å². The molecule has 0 amide bonds. The lowest BCUT2D eigenvalue weighted by Crippen LogP contribution is -2.42. The highest BCUT2D eigenvalue weighted by atomic mass is 16.5. The molecule has 0 radical (unpaired) electrons. The van der Waals surface area contributed by atoms with Gasteiger partial charge in [-0.25, -0.2) is 0 Å². The molecule has 0 spiro atoms. The van der Waals surface area contributed by atoms with Gasteiger partial charge in [-0.1, -0.05) is 6.08 Å². The van der Waals surface area contributed by atoms with E-state index in [-0.39, 0.29) is 5.60 Å². The van der Waals surface area contributed by atoms with E-state index in [1.54, 1.807) is 0 Å². The zero-order chi connectivity index (χ0) is 9.57. The van der Waals surface area contributed by atoms with Gasteiger partial charge in [0.15, 0.2) is 0 Å². The molecule has 0 aromatic rings. The van der Waals surface area contributed by atoms with Crippen LogP contribution in [0.5, 0.6) is 0 Å². The number of hydrogen-bond acceptors (Lipinski definition) is 2. The highest BCUT2D eigenvalue weighted by Crippen LogP contribution is 2.38. The fraction of sp³-hybridized carbons (Fsp3) is 0.818. The van der Waals surface area contributed by atoms with Crippen LogP contribution in [0.25, 0.3) is 0 Å². The van der Waals surface area contributed by atoms with Gasteiger partial charge in [0.1, 0.15) is 0 Å². The van der Waals surface area contributed by atoms with Crippen molar-refractivity contribution in [1.82, 2.24) is 0 Å². The largest absolute Gasteiger partial charge is 0.375 e. The van der Waals surface area contributed by atoms with E-state index in [1.165, 1.54) is 19.3 Å². The summed E-state index contributed by atoms with van der Waals surface area (Å²) in [5.41, 5.74) is 5.72. The summed E-state index contributed by atoms with van der Waals surface area (Å²) < 4.78 is 5.88. The summed E-state index contributed by atoms with van der Waals surface area (Å²) in [5.74, 6) is 0. The summed E-state index contributed by atoms with van der Waals surface area (Å²) >= 11 is 0. The third-order valence-electron chi connectivity index (χ3n) is 2.83. The molecule has 1 fully saturated rings. The molecule has 2 N–H and O–H groups in total. The van der Waals surface area contributed by atoms with Crippen LogP contribution in [0.1, 0.15) is 38.5 Å². The maximum Gasteiger partial charge on any atom is 0.0694 e. The van der Waals surface area contributed by atoms with E-state index < -0.39 is 0 Å². The molecule has 0 aliphatic heterocycles. The minimum absolute atomic E-state index is 0.163. The SMILES string of the molecule is C=CCCCOC1(CCN)CCC1. The summed E-state index contributed by atoms with van der Waals surface area (Å²) in [7, 11) is 0. The molecule has 1 aliphatic rings. The third-order valence-corrected chi connectivity index (χ3v) is 2.83. The van der Waals surface area contributed by atoms with Crippen LogP contribution >= 0.6 is 0 Å². The van der Waals surface area contributed by atoms with E-state index in [4.69, 9.17) is 10.5 Å². The van der Waals surface area contributed by atoms with E-state index in [9.17, 15) is 0 Å². The monoisotopic (exact) mass is 183 g/mol. The van der Waals surface area contributed by atoms with Crippen LogP contribution in [0.2, 0.25) is 0 Å². The summed E-state index contributed by atoms with van der Waals surface area (Å²) in [5, 5.41) is 0. The van der Waals surface area contributed by atoms with Crippen molar-refractivity contribution in [2.45, 2.75) is 44.1 Å². The van der Waals surface area contributed by atoms with Crippen LogP contribution in [0.4, 0.5) is 0 Å². The zero-order valence-electron chi connectivity index (χ0n) is 8.43. The van der Waals surface area contributed by atoms with Gasteiger partial charge in [0.2, 0.25) is 0 Å². The Morgan fingerprint density at radius 1 is 1.46 bits per heavy atom. The van der Waals surface area contributed by atoms with Crippen molar-refractivity contribution in [3.63, 3.8) is 0 Å². The Bertz CT molecular complexity index is 152. The molecule has 1 saturated carbocycles. The number of ether oxygens (including phenoxy) is 1. The number of nitrogens with two attached hydrogens (primary N) is 1. The van der Waals surface area contributed by atoms with Gasteiger partial charge in [-0.3, -0.25) is 0 Å². The number of unbranched alkanes of at least 4 members (excludes halogenated alkanes) is 1. The van der Waals surface area contributed by atoms with E-state index in [2.05, 4.69) is 6.58 Å². The lowest BCUT2D eigenvalue weighted by atomic mass is 9.77. The maximum absolute atomic E-state index is 5.88. The lowest BCUT2D eigenvalue weighted by molar-refractivity contribution is -0.103. The first-order valence-electron chi connectivity index (χ1n) is 5.28. The first kappa shape index (κ1) is 10.7. The Kier molecular flexibility index (Phi) is 4.46. The molecule has 0 heterocycles. The number of allylic oxidation sites excluding steroid dienone is 1. The highest BCUT2D eigenvalue weighted by molar-refractivity contribution is 4.89. The van der Waals surface area contributed by atoms with Gasteiger partial charge in [-0.2, -0.15) is 0 Å². The van der Waals surface area contributed by atoms with E-state index in [1.807, 2.05) is 6.08 Å². The second kappa shape index (κ2) is 5.40.